The Morgan fingerprint density at radius 2 is 2.03 bits per heavy atom. The Balaban J connectivity index is 1.22. The standard InChI is InChI=1S/C21H23N7O/c22-10-15-3-6-19(23-11-15)28-16-4-5-17(28)14-27(13-16)20(29)12-24-21(7-8-21)18-2-1-9-25-26-18/h1-3,6,9,11,16-17,24H,4-5,7-8,12-14H2. The van der Waals surface area contributed by atoms with Crippen LogP contribution in [-0.4, -0.2) is 57.7 Å². The molecule has 2 unspecified atom stereocenters. The predicted octanol–water partition coefficient (Wildman–Crippen LogP) is 1.20. The minimum Gasteiger partial charge on any atom is -0.347 e. The van der Waals surface area contributed by atoms with E-state index in [1.165, 1.54) is 0 Å². The van der Waals surface area contributed by atoms with Crippen LogP contribution in [0.3, 0.4) is 0 Å². The number of aromatic nitrogens is 3. The lowest BCUT2D eigenvalue weighted by molar-refractivity contribution is -0.131. The summed E-state index contributed by atoms with van der Waals surface area (Å²) in [7, 11) is 0. The Morgan fingerprint density at radius 1 is 1.24 bits per heavy atom. The summed E-state index contributed by atoms with van der Waals surface area (Å²) < 4.78 is 0. The predicted molar refractivity (Wildman–Crippen MR) is 106 cm³/mol. The summed E-state index contributed by atoms with van der Waals surface area (Å²) in [5, 5.41) is 20.6. The quantitative estimate of drug-likeness (QED) is 0.820. The second-order valence-corrected chi connectivity index (χ2v) is 8.15. The molecule has 2 atom stereocenters. The largest absolute Gasteiger partial charge is 0.347 e. The lowest BCUT2D eigenvalue weighted by Gasteiger charge is -2.42. The number of anilines is 1. The molecule has 1 aliphatic carbocycles. The van der Waals surface area contributed by atoms with Crippen LogP contribution in [0.5, 0.6) is 0 Å². The first-order valence-corrected chi connectivity index (χ1v) is 10.1. The zero-order valence-corrected chi connectivity index (χ0v) is 16.2. The number of hydrogen-bond acceptors (Lipinski definition) is 7. The Kier molecular flexibility index (Phi) is 4.40. The Bertz CT molecular complexity index is 922. The zero-order chi connectivity index (χ0) is 19.8. The third kappa shape index (κ3) is 3.32. The van der Waals surface area contributed by atoms with E-state index >= 15 is 0 Å². The first kappa shape index (κ1) is 18.0. The third-order valence-electron chi connectivity index (χ3n) is 6.37. The van der Waals surface area contributed by atoms with Gasteiger partial charge in [-0.1, -0.05) is 0 Å². The average Bonchev–Trinajstić information content (AvgIpc) is 3.52. The molecule has 8 heteroatoms. The molecule has 8 nitrogen and oxygen atoms in total. The smallest absolute Gasteiger partial charge is 0.236 e. The van der Waals surface area contributed by atoms with Crippen molar-refractivity contribution >= 4 is 11.7 Å². The Labute approximate surface area is 169 Å². The number of nitriles is 1. The van der Waals surface area contributed by atoms with E-state index in [0.717, 1.165) is 50.3 Å². The van der Waals surface area contributed by atoms with Crippen molar-refractivity contribution in [3.05, 3.63) is 47.9 Å². The van der Waals surface area contributed by atoms with Gasteiger partial charge in [-0.2, -0.15) is 15.5 Å². The van der Waals surface area contributed by atoms with Crippen LogP contribution in [0, 0.1) is 11.3 Å². The fourth-order valence-electron chi connectivity index (χ4n) is 4.65. The lowest BCUT2D eigenvalue weighted by Crippen LogP contribution is -2.57. The number of carbonyl (C=O) groups excluding carboxylic acids is 1. The molecule has 2 bridgehead atoms. The summed E-state index contributed by atoms with van der Waals surface area (Å²) in [5.41, 5.74) is 1.31. The third-order valence-corrected chi connectivity index (χ3v) is 6.37. The molecular formula is C21H23N7O. The molecule has 0 spiro atoms. The van der Waals surface area contributed by atoms with E-state index in [0.29, 0.717) is 12.1 Å². The van der Waals surface area contributed by atoms with Crippen molar-refractivity contribution in [1.82, 2.24) is 25.4 Å². The minimum atomic E-state index is -0.183. The molecule has 2 aromatic rings. The number of nitrogens with zero attached hydrogens (tertiary/aromatic N) is 6. The molecule has 1 N–H and O–H groups in total. The van der Waals surface area contributed by atoms with Crippen molar-refractivity contribution < 1.29 is 4.79 Å². The van der Waals surface area contributed by atoms with Crippen LogP contribution in [0.2, 0.25) is 0 Å². The van der Waals surface area contributed by atoms with E-state index in [1.54, 1.807) is 12.4 Å². The summed E-state index contributed by atoms with van der Waals surface area (Å²) in [6.45, 7) is 1.76. The summed E-state index contributed by atoms with van der Waals surface area (Å²) in [4.78, 5) is 21.7. The highest BCUT2D eigenvalue weighted by Crippen LogP contribution is 2.44. The van der Waals surface area contributed by atoms with Gasteiger partial charge in [0.05, 0.1) is 23.3 Å². The van der Waals surface area contributed by atoms with Gasteiger partial charge in [0.25, 0.3) is 0 Å². The van der Waals surface area contributed by atoms with Gasteiger partial charge in [0.15, 0.2) is 0 Å². The number of nitrogens with one attached hydrogen (secondary N) is 1. The maximum absolute atomic E-state index is 12.9. The first-order chi connectivity index (χ1) is 14.2. The number of amides is 1. The highest BCUT2D eigenvalue weighted by molar-refractivity contribution is 5.79. The van der Waals surface area contributed by atoms with Crippen LogP contribution in [0.4, 0.5) is 5.82 Å². The van der Waals surface area contributed by atoms with Crippen LogP contribution in [0.25, 0.3) is 0 Å². The van der Waals surface area contributed by atoms with E-state index in [9.17, 15) is 4.79 Å². The van der Waals surface area contributed by atoms with Gasteiger partial charge >= 0.3 is 0 Å². The van der Waals surface area contributed by atoms with Gasteiger partial charge in [0, 0.05) is 37.6 Å². The topological polar surface area (TPSA) is 98.0 Å². The first-order valence-electron chi connectivity index (χ1n) is 10.1. The van der Waals surface area contributed by atoms with Gasteiger partial charge in [-0.3, -0.25) is 10.1 Å². The molecule has 2 aliphatic heterocycles. The molecular weight excluding hydrogens is 366 g/mol. The molecule has 29 heavy (non-hydrogen) atoms. The summed E-state index contributed by atoms with van der Waals surface area (Å²) in [6.07, 6.45) is 7.39. The summed E-state index contributed by atoms with van der Waals surface area (Å²) >= 11 is 0. The molecule has 1 amide bonds. The number of likely N-dealkylation sites (tertiary alicyclic amines) is 1. The van der Waals surface area contributed by atoms with E-state index in [1.807, 2.05) is 29.2 Å². The normalized spacial score (nSPS) is 24.2. The molecule has 2 aromatic heterocycles. The van der Waals surface area contributed by atoms with Crippen LogP contribution in [0.15, 0.2) is 36.7 Å². The molecule has 4 heterocycles. The van der Waals surface area contributed by atoms with Crippen molar-refractivity contribution in [3.8, 4) is 6.07 Å². The molecule has 0 aromatic carbocycles. The van der Waals surface area contributed by atoms with Crippen molar-refractivity contribution in [2.75, 3.05) is 24.5 Å². The lowest BCUT2D eigenvalue weighted by atomic mass is 10.1. The SMILES string of the molecule is N#Cc1ccc(N2C3CCC2CN(C(=O)CNC2(c4cccnn4)CC2)C3)nc1. The van der Waals surface area contributed by atoms with Crippen LogP contribution in [-0.2, 0) is 10.3 Å². The van der Waals surface area contributed by atoms with Gasteiger partial charge in [-0.15, -0.1) is 0 Å². The average molecular weight is 389 g/mol. The monoisotopic (exact) mass is 389 g/mol. The van der Waals surface area contributed by atoms with Crippen molar-refractivity contribution in [2.45, 2.75) is 43.3 Å². The second-order valence-electron chi connectivity index (χ2n) is 8.15. The number of fused-ring (bicyclic) bond motifs is 2. The van der Waals surface area contributed by atoms with Crippen molar-refractivity contribution in [3.63, 3.8) is 0 Å². The Morgan fingerprint density at radius 3 is 2.62 bits per heavy atom. The Hall–Kier alpha value is -3.05. The van der Waals surface area contributed by atoms with Gasteiger partial charge in [-0.25, -0.2) is 4.98 Å². The maximum Gasteiger partial charge on any atom is 0.236 e. The zero-order valence-electron chi connectivity index (χ0n) is 16.2. The van der Waals surface area contributed by atoms with E-state index in [2.05, 4.69) is 31.5 Å². The van der Waals surface area contributed by atoms with Crippen LogP contribution >= 0.6 is 0 Å². The number of rotatable bonds is 5. The molecule has 1 saturated carbocycles. The van der Waals surface area contributed by atoms with E-state index in [4.69, 9.17) is 5.26 Å². The summed E-state index contributed by atoms with van der Waals surface area (Å²) in [5.74, 6) is 1.05. The second kappa shape index (κ2) is 7.08. The molecule has 3 fully saturated rings. The molecule has 2 saturated heterocycles. The maximum atomic E-state index is 12.9. The number of piperazine rings is 1. The highest BCUT2D eigenvalue weighted by atomic mass is 16.2. The van der Waals surface area contributed by atoms with Gasteiger partial charge in [-0.05, 0) is 49.9 Å². The highest BCUT2D eigenvalue weighted by Gasteiger charge is 2.47. The van der Waals surface area contributed by atoms with Crippen LogP contribution in [0.1, 0.15) is 36.9 Å². The van der Waals surface area contributed by atoms with Gasteiger partial charge in [0.1, 0.15) is 11.9 Å². The number of carbonyl (C=O) groups is 1. The molecule has 5 rings (SSSR count). The molecule has 0 radical (unpaired) electrons. The van der Waals surface area contributed by atoms with Crippen molar-refractivity contribution in [2.24, 2.45) is 0 Å². The molecule has 3 aliphatic rings. The van der Waals surface area contributed by atoms with E-state index < -0.39 is 0 Å². The molecule has 148 valence electrons. The van der Waals surface area contributed by atoms with Crippen molar-refractivity contribution in [1.29, 1.82) is 5.26 Å². The minimum absolute atomic E-state index is 0.143. The number of pyridine rings is 1. The van der Waals surface area contributed by atoms with Gasteiger partial charge in [0.2, 0.25) is 5.91 Å². The fourth-order valence-corrected chi connectivity index (χ4v) is 4.65. The number of hydrogen-bond donors (Lipinski definition) is 1. The van der Waals surface area contributed by atoms with E-state index in [-0.39, 0.29) is 23.5 Å². The summed E-state index contributed by atoms with van der Waals surface area (Å²) in [6, 6.07) is 10.3. The fraction of sp³-hybridized carbons (Fsp3) is 0.476. The van der Waals surface area contributed by atoms with Gasteiger partial charge < -0.3 is 9.80 Å². The van der Waals surface area contributed by atoms with Crippen LogP contribution < -0.4 is 10.2 Å².